The number of hydrogen-bond acceptors (Lipinski definition) is 4. The van der Waals surface area contributed by atoms with Gasteiger partial charge in [0.25, 0.3) is 0 Å². The van der Waals surface area contributed by atoms with E-state index in [0.717, 1.165) is 18.4 Å². The normalized spacial score (nSPS) is 16.8. The number of amides is 2. The first-order valence-electron chi connectivity index (χ1n) is 8.21. The van der Waals surface area contributed by atoms with Crippen molar-refractivity contribution in [3.8, 4) is 0 Å². The van der Waals surface area contributed by atoms with Crippen molar-refractivity contribution in [3.05, 3.63) is 64.3 Å². The zero-order valence-electron chi connectivity index (χ0n) is 13.8. The number of benzene rings is 1. The molecule has 25 heavy (non-hydrogen) atoms. The highest BCUT2D eigenvalue weighted by Crippen LogP contribution is 2.21. The van der Waals surface area contributed by atoms with Crippen molar-refractivity contribution < 1.29 is 9.59 Å². The summed E-state index contributed by atoms with van der Waals surface area (Å²) < 4.78 is 1.31. The molecule has 1 aliphatic rings. The molecule has 1 aromatic heterocycles. The van der Waals surface area contributed by atoms with Crippen LogP contribution in [0.3, 0.4) is 0 Å². The largest absolute Gasteiger partial charge is 0.366 e. The van der Waals surface area contributed by atoms with Gasteiger partial charge in [-0.2, -0.15) is 0 Å². The Kier molecular flexibility index (Phi) is 4.92. The van der Waals surface area contributed by atoms with Gasteiger partial charge in [-0.1, -0.05) is 12.1 Å². The van der Waals surface area contributed by atoms with Crippen molar-refractivity contribution in [2.75, 3.05) is 13.1 Å². The highest BCUT2D eigenvalue weighted by molar-refractivity contribution is 5.92. The van der Waals surface area contributed by atoms with Crippen LogP contribution in [0.15, 0.2) is 47.5 Å². The van der Waals surface area contributed by atoms with Gasteiger partial charge in [-0.15, -0.1) is 0 Å². The summed E-state index contributed by atoms with van der Waals surface area (Å²) >= 11 is 0. The molecule has 7 heteroatoms. The Morgan fingerprint density at radius 2 is 2.12 bits per heavy atom. The van der Waals surface area contributed by atoms with Crippen LogP contribution in [-0.4, -0.2) is 39.4 Å². The number of nitrogens with two attached hydrogens (primary N) is 1. The summed E-state index contributed by atoms with van der Waals surface area (Å²) in [5.74, 6) is -0.187. The Balaban J connectivity index is 1.59. The van der Waals surface area contributed by atoms with E-state index in [4.69, 9.17) is 5.73 Å². The van der Waals surface area contributed by atoms with Crippen LogP contribution in [0, 0.1) is 5.92 Å². The van der Waals surface area contributed by atoms with Crippen LogP contribution in [0.5, 0.6) is 0 Å². The number of carbonyl (C=O) groups excluding carboxylic acids is 2. The minimum Gasteiger partial charge on any atom is -0.366 e. The molecule has 130 valence electrons. The van der Waals surface area contributed by atoms with E-state index >= 15 is 0 Å². The van der Waals surface area contributed by atoms with Crippen LogP contribution < -0.4 is 11.4 Å². The second-order valence-corrected chi connectivity index (χ2v) is 6.29. The van der Waals surface area contributed by atoms with Crippen LogP contribution >= 0.6 is 0 Å². The molecule has 0 spiro atoms. The van der Waals surface area contributed by atoms with Crippen molar-refractivity contribution >= 4 is 11.8 Å². The van der Waals surface area contributed by atoms with Gasteiger partial charge in [0.15, 0.2) is 0 Å². The molecule has 7 nitrogen and oxygen atoms in total. The van der Waals surface area contributed by atoms with Crippen LogP contribution in [0.25, 0.3) is 0 Å². The minimum atomic E-state index is -0.438. The lowest BCUT2D eigenvalue weighted by atomic mass is 9.97. The zero-order chi connectivity index (χ0) is 17.8. The second kappa shape index (κ2) is 7.29. The highest BCUT2D eigenvalue weighted by atomic mass is 16.2. The Bertz CT molecular complexity index is 846. The van der Waals surface area contributed by atoms with E-state index in [1.54, 1.807) is 23.2 Å². The van der Waals surface area contributed by atoms with E-state index in [1.165, 1.54) is 10.8 Å². The van der Waals surface area contributed by atoms with E-state index < -0.39 is 11.6 Å². The van der Waals surface area contributed by atoms with Crippen molar-refractivity contribution in [3.63, 3.8) is 0 Å². The molecule has 0 radical (unpaired) electrons. The van der Waals surface area contributed by atoms with E-state index in [2.05, 4.69) is 4.98 Å². The fourth-order valence-corrected chi connectivity index (χ4v) is 3.16. The molecule has 0 bridgehead atoms. The number of nitrogens with zero attached hydrogens (tertiary/aromatic N) is 3. The number of aromatic nitrogens is 2. The van der Waals surface area contributed by atoms with Gasteiger partial charge in [0, 0.05) is 31.0 Å². The van der Waals surface area contributed by atoms with Crippen molar-refractivity contribution in [2.24, 2.45) is 11.7 Å². The molecule has 0 unspecified atom stereocenters. The Morgan fingerprint density at radius 1 is 1.28 bits per heavy atom. The highest BCUT2D eigenvalue weighted by Gasteiger charge is 2.26. The van der Waals surface area contributed by atoms with Gasteiger partial charge in [-0.25, -0.2) is 9.78 Å². The summed E-state index contributed by atoms with van der Waals surface area (Å²) in [6.45, 7) is 1.33. The molecule has 1 aromatic carbocycles. The second-order valence-electron chi connectivity index (χ2n) is 6.29. The predicted octanol–water partition coefficient (Wildman–Crippen LogP) is 0.433. The van der Waals surface area contributed by atoms with Gasteiger partial charge in [0.2, 0.25) is 11.8 Å². The van der Waals surface area contributed by atoms with E-state index in [-0.39, 0.29) is 12.5 Å². The van der Waals surface area contributed by atoms with E-state index in [1.807, 2.05) is 18.2 Å². The number of rotatable bonds is 5. The van der Waals surface area contributed by atoms with Crippen molar-refractivity contribution in [1.29, 1.82) is 0 Å². The zero-order valence-corrected chi connectivity index (χ0v) is 13.8. The third-order valence-electron chi connectivity index (χ3n) is 4.46. The summed E-state index contributed by atoms with van der Waals surface area (Å²) in [5, 5.41) is 0. The number of likely N-dealkylation sites (tertiary alicyclic amines) is 1. The van der Waals surface area contributed by atoms with Gasteiger partial charge in [-0.05, 0) is 42.5 Å². The molecular weight excluding hydrogens is 320 g/mol. The molecular formula is C18H20N4O3. The molecule has 1 fully saturated rings. The molecule has 2 N–H and O–H groups in total. The average Bonchev–Trinajstić information content (AvgIpc) is 3.06. The summed E-state index contributed by atoms with van der Waals surface area (Å²) in [5.41, 5.74) is 6.43. The summed E-state index contributed by atoms with van der Waals surface area (Å²) in [4.78, 5) is 40.7. The Labute approximate surface area is 145 Å². The fourth-order valence-electron chi connectivity index (χ4n) is 3.16. The molecule has 2 amide bonds. The monoisotopic (exact) mass is 340 g/mol. The minimum absolute atomic E-state index is 0.0105. The first-order chi connectivity index (χ1) is 12.0. The van der Waals surface area contributed by atoms with Gasteiger partial charge in [0.1, 0.15) is 6.54 Å². The molecule has 1 aliphatic heterocycles. The van der Waals surface area contributed by atoms with Gasteiger partial charge < -0.3 is 10.6 Å². The Hall–Kier alpha value is -2.96. The SMILES string of the molecule is NC(=O)c1cccc(C[C@H]2CCN(C(=O)Cn3cccnc3=O)C2)c1. The third kappa shape index (κ3) is 4.12. The van der Waals surface area contributed by atoms with Crippen LogP contribution in [0.4, 0.5) is 0 Å². The van der Waals surface area contributed by atoms with E-state index in [0.29, 0.717) is 24.6 Å². The number of carbonyl (C=O) groups is 2. The molecule has 1 atom stereocenters. The lowest BCUT2D eigenvalue weighted by Gasteiger charge is -2.17. The van der Waals surface area contributed by atoms with Crippen LogP contribution in [0.1, 0.15) is 22.3 Å². The number of primary amides is 1. The molecule has 0 saturated carbocycles. The standard InChI is InChI=1S/C18H20N4O3/c19-17(24)15-4-1-3-13(10-15)9-14-5-8-21(11-14)16(23)12-22-7-2-6-20-18(22)25/h1-4,6-7,10,14H,5,8-9,11-12H2,(H2,19,24)/t14-/m1/s1. The molecule has 2 heterocycles. The maximum Gasteiger partial charge on any atom is 0.347 e. The predicted molar refractivity (Wildman–Crippen MR) is 91.8 cm³/mol. The lowest BCUT2D eigenvalue weighted by Crippen LogP contribution is -2.35. The summed E-state index contributed by atoms with van der Waals surface area (Å²) in [7, 11) is 0. The van der Waals surface area contributed by atoms with Crippen LogP contribution in [0.2, 0.25) is 0 Å². The summed E-state index contributed by atoms with van der Waals surface area (Å²) in [6.07, 6.45) is 4.66. The maximum atomic E-state index is 12.4. The van der Waals surface area contributed by atoms with Crippen molar-refractivity contribution in [1.82, 2.24) is 14.5 Å². The van der Waals surface area contributed by atoms with Gasteiger partial charge in [-0.3, -0.25) is 14.2 Å². The molecule has 3 rings (SSSR count). The quantitative estimate of drug-likeness (QED) is 0.853. The molecule has 1 saturated heterocycles. The van der Waals surface area contributed by atoms with Gasteiger partial charge in [0.05, 0.1) is 0 Å². The smallest absolute Gasteiger partial charge is 0.347 e. The summed E-state index contributed by atoms with van der Waals surface area (Å²) in [6, 6.07) is 8.92. The topological polar surface area (TPSA) is 98.3 Å². The van der Waals surface area contributed by atoms with Crippen molar-refractivity contribution in [2.45, 2.75) is 19.4 Å². The average molecular weight is 340 g/mol. The van der Waals surface area contributed by atoms with Gasteiger partial charge >= 0.3 is 5.69 Å². The van der Waals surface area contributed by atoms with Crippen LogP contribution in [-0.2, 0) is 17.8 Å². The van der Waals surface area contributed by atoms with E-state index in [9.17, 15) is 14.4 Å². The maximum absolute atomic E-state index is 12.4. The lowest BCUT2D eigenvalue weighted by molar-refractivity contribution is -0.131. The first kappa shape index (κ1) is 16.9. The first-order valence-corrected chi connectivity index (χ1v) is 8.21. The Morgan fingerprint density at radius 3 is 2.88 bits per heavy atom. The number of hydrogen-bond donors (Lipinski definition) is 1. The molecule has 2 aromatic rings. The molecule has 0 aliphatic carbocycles. The third-order valence-corrected chi connectivity index (χ3v) is 4.46. The fraction of sp³-hybridized carbons (Fsp3) is 0.333.